The molecule has 0 unspecified atom stereocenters. The fourth-order valence-electron chi connectivity index (χ4n) is 19.9. The zero-order valence-electron chi connectivity index (χ0n) is 72.0. The minimum absolute atomic E-state index is 0.172. The van der Waals surface area contributed by atoms with Crippen LogP contribution in [0.25, 0.3) is 161 Å². The molecule has 4 nitrogen and oxygen atoms in total. The van der Waals surface area contributed by atoms with E-state index in [0.29, 0.717) is 0 Å². The highest BCUT2D eigenvalue weighted by Gasteiger charge is 2.39. The van der Waals surface area contributed by atoms with Crippen molar-refractivity contribution in [1.82, 2.24) is 9.55 Å². The van der Waals surface area contributed by atoms with Crippen LogP contribution in [0.5, 0.6) is 0 Å². The Labute approximate surface area is 749 Å². The molecule has 0 radical (unpaired) electrons. The molecule has 2 aromatic heterocycles. The second-order valence-corrected chi connectivity index (χ2v) is 34.8. The Morgan fingerprint density at radius 1 is 0.203 bits per heavy atom. The zero-order valence-corrected chi connectivity index (χ0v) is 72.0. The number of rotatable bonds is 17. The van der Waals surface area contributed by atoms with E-state index in [1.165, 1.54) is 172 Å². The van der Waals surface area contributed by atoms with E-state index in [4.69, 9.17) is 0 Å². The van der Waals surface area contributed by atoms with Gasteiger partial charge in [0.1, 0.15) is 0 Å². The summed E-state index contributed by atoms with van der Waals surface area (Å²) in [5.41, 5.74) is 44.6. The quantitative estimate of drug-likeness (QED) is 0.0984. The Kier molecular flexibility index (Phi) is 20.0. The van der Waals surface area contributed by atoms with Gasteiger partial charge in [-0.25, -0.2) is 0 Å². The molecule has 21 aromatic rings. The highest BCUT2D eigenvalue weighted by molar-refractivity contribution is 6.10. The lowest BCUT2D eigenvalue weighted by molar-refractivity contribution is 0.661. The first-order valence-electron chi connectivity index (χ1n) is 44.4. The lowest BCUT2D eigenvalue weighted by Gasteiger charge is -2.26. The minimum atomic E-state index is -0.227. The second-order valence-electron chi connectivity index (χ2n) is 34.8. The number of aromatic amines is 1. The van der Waals surface area contributed by atoms with Gasteiger partial charge in [0.15, 0.2) is 0 Å². The summed E-state index contributed by atoms with van der Waals surface area (Å²) in [5, 5.41) is 2.51. The molecule has 0 spiro atoms. The number of fused-ring (bicyclic) bond motifs is 8. The van der Waals surface area contributed by atoms with Crippen LogP contribution in [-0.2, 0) is 10.8 Å². The largest absolute Gasteiger partial charge is 0.354 e. The molecule has 608 valence electrons. The topological polar surface area (TPSA) is 27.2 Å². The summed E-state index contributed by atoms with van der Waals surface area (Å²) in [7, 11) is 0. The minimum Gasteiger partial charge on any atom is -0.354 e. The Balaban J connectivity index is 0.000000151. The van der Waals surface area contributed by atoms with Crippen molar-refractivity contribution in [3.8, 4) is 139 Å². The third-order valence-electron chi connectivity index (χ3n) is 26.5. The molecule has 0 atom stereocenters. The van der Waals surface area contributed by atoms with Crippen LogP contribution < -0.4 is 9.80 Å². The first-order valence-corrected chi connectivity index (χ1v) is 44.4. The molecular weight excluding hydrogens is 1550 g/mol. The molecule has 4 heteroatoms. The summed E-state index contributed by atoms with van der Waals surface area (Å²) in [4.78, 5) is 8.57. The van der Waals surface area contributed by atoms with E-state index in [1.54, 1.807) is 0 Å². The predicted octanol–water partition coefficient (Wildman–Crippen LogP) is 34.0. The summed E-state index contributed by atoms with van der Waals surface area (Å²) in [6, 6.07) is 174. The van der Waals surface area contributed by atoms with Crippen molar-refractivity contribution in [2.75, 3.05) is 9.80 Å². The van der Waals surface area contributed by atoms with Gasteiger partial charge in [-0.15, -0.1) is 0 Å². The van der Waals surface area contributed by atoms with Crippen molar-refractivity contribution in [1.29, 1.82) is 0 Å². The van der Waals surface area contributed by atoms with E-state index in [2.05, 4.69) is 526 Å². The molecule has 0 saturated carbocycles. The standard InChI is InChI=1S/C65H48N2.C59H44N2/c1-65(2)60-42-52(49-32-39-56(40-33-49)66(54-35-28-47(29-36-54)45-18-8-3-9-19-45)55-37-30-48(31-38-55)46-20-10-4-11-21-46)34-41-57(60)58-43-59-62(44-61(58)65)67(53-26-16-7-17-27-53)64(51-24-14-6-15-25-51)63(59)50-22-12-5-13-23-50;1-59(2)54-37-47(29-36-51(54)52-38-53-56(39-55(52)59)60-58(46-21-13-6-14-22-46)57(53)45-19-11-5-12-20-45)44-27-34-50(35-28-44)61(48-30-23-42(24-31-48)40-15-7-3-8-16-40)49-32-25-43(26-33-49)41-17-9-4-10-18-41/h3-44H,1-2H3;3-39,60H,1-2H3. The molecule has 0 saturated heterocycles. The van der Waals surface area contributed by atoms with Gasteiger partial charge in [0.05, 0.1) is 16.9 Å². The summed E-state index contributed by atoms with van der Waals surface area (Å²) in [6.07, 6.45) is 0. The Bertz CT molecular complexity index is 7420. The fraction of sp³-hybridized carbons (Fsp3) is 0.0484. The van der Waals surface area contributed by atoms with Crippen LogP contribution in [0.1, 0.15) is 49.9 Å². The monoisotopic (exact) mass is 1640 g/mol. The molecule has 1 N–H and O–H groups in total. The summed E-state index contributed by atoms with van der Waals surface area (Å²) in [5.74, 6) is 0. The molecule has 0 amide bonds. The van der Waals surface area contributed by atoms with Gasteiger partial charge in [-0.3, -0.25) is 0 Å². The van der Waals surface area contributed by atoms with Gasteiger partial charge in [-0.1, -0.05) is 386 Å². The molecule has 0 bridgehead atoms. The van der Waals surface area contributed by atoms with Gasteiger partial charge in [0.25, 0.3) is 0 Å². The number of benzene rings is 19. The van der Waals surface area contributed by atoms with E-state index >= 15 is 0 Å². The lowest BCUT2D eigenvalue weighted by atomic mass is 9.81. The Hall–Kier alpha value is -16.1. The predicted molar refractivity (Wildman–Crippen MR) is 540 cm³/mol. The van der Waals surface area contributed by atoms with Gasteiger partial charge in [-0.05, 0) is 255 Å². The van der Waals surface area contributed by atoms with Crippen molar-refractivity contribution in [2.24, 2.45) is 0 Å². The van der Waals surface area contributed by atoms with Gasteiger partial charge < -0.3 is 19.4 Å². The van der Waals surface area contributed by atoms with E-state index < -0.39 is 0 Å². The molecule has 128 heavy (non-hydrogen) atoms. The Morgan fingerprint density at radius 3 is 0.805 bits per heavy atom. The summed E-state index contributed by atoms with van der Waals surface area (Å²) >= 11 is 0. The van der Waals surface area contributed by atoms with Crippen molar-refractivity contribution in [2.45, 2.75) is 38.5 Å². The summed E-state index contributed by atoms with van der Waals surface area (Å²) in [6.45, 7) is 9.54. The average molecular weight is 1640 g/mol. The summed E-state index contributed by atoms with van der Waals surface area (Å²) < 4.78 is 2.48. The highest BCUT2D eigenvalue weighted by atomic mass is 15.1. The maximum Gasteiger partial charge on any atom is 0.0619 e. The fourth-order valence-corrected chi connectivity index (χ4v) is 19.9. The van der Waals surface area contributed by atoms with Crippen LogP contribution in [0.3, 0.4) is 0 Å². The van der Waals surface area contributed by atoms with Crippen LogP contribution >= 0.6 is 0 Å². The highest BCUT2D eigenvalue weighted by Crippen LogP contribution is 2.56. The SMILES string of the molecule is CC1(C)c2cc(-c3ccc(N(c4ccc(-c5ccccc5)cc4)c4ccc(-c5ccccc5)cc4)cc3)ccc2-c2cc3c(-c4ccccc4)c(-c4ccccc4)[nH]c3cc21.CC1(C)c2cc(-c3ccc(N(c4ccc(-c5ccccc5)cc4)c4ccc(-c5ccccc5)cc4)cc3)ccc2-c2cc3c(-c4ccccc4)c(-c4ccccc4)n(-c4ccccc4)c3cc21. The van der Waals surface area contributed by atoms with Crippen LogP contribution in [-0.4, -0.2) is 9.55 Å². The Morgan fingerprint density at radius 2 is 0.461 bits per heavy atom. The number of hydrogen-bond donors (Lipinski definition) is 1. The van der Waals surface area contributed by atoms with Gasteiger partial charge in [-0.2, -0.15) is 0 Å². The van der Waals surface area contributed by atoms with E-state index in [-0.39, 0.29) is 10.8 Å². The molecule has 2 aliphatic carbocycles. The first kappa shape index (κ1) is 77.9. The van der Waals surface area contributed by atoms with Gasteiger partial charge >= 0.3 is 0 Å². The number of anilines is 6. The van der Waals surface area contributed by atoms with Crippen molar-refractivity contribution in [3.63, 3.8) is 0 Å². The lowest BCUT2D eigenvalue weighted by Crippen LogP contribution is -2.15. The first-order chi connectivity index (χ1) is 63.0. The smallest absolute Gasteiger partial charge is 0.0619 e. The number of nitrogens with zero attached hydrogens (tertiary/aromatic N) is 3. The van der Waals surface area contributed by atoms with Crippen molar-refractivity contribution in [3.05, 3.63) is 501 Å². The normalized spacial score (nSPS) is 12.5. The third-order valence-corrected chi connectivity index (χ3v) is 26.5. The zero-order chi connectivity index (χ0) is 85.8. The maximum atomic E-state index is 3.86. The van der Waals surface area contributed by atoms with Crippen LogP contribution in [0.4, 0.5) is 34.1 Å². The molecule has 2 aliphatic rings. The molecule has 2 heterocycles. The van der Waals surface area contributed by atoms with Crippen molar-refractivity contribution >= 4 is 55.9 Å². The maximum absolute atomic E-state index is 3.86. The van der Waals surface area contributed by atoms with E-state index in [1.807, 2.05) is 0 Å². The van der Waals surface area contributed by atoms with Crippen molar-refractivity contribution < 1.29 is 0 Å². The van der Waals surface area contributed by atoms with Crippen LogP contribution in [0.2, 0.25) is 0 Å². The van der Waals surface area contributed by atoms with E-state index in [9.17, 15) is 0 Å². The number of aromatic nitrogens is 2. The molecule has 19 aromatic carbocycles. The molecule has 23 rings (SSSR count). The van der Waals surface area contributed by atoms with Crippen LogP contribution in [0, 0.1) is 0 Å². The number of hydrogen-bond acceptors (Lipinski definition) is 2. The molecule has 0 aliphatic heterocycles. The molecular formula is C124H92N4. The average Bonchev–Trinajstić information content (AvgIpc) is 1.55. The molecule has 0 fully saturated rings. The van der Waals surface area contributed by atoms with Gasteiger partial charge in [0.2, 0.25) is 0 Å². The second kappa shape index (κ2) is 32.8. The van der Waals surface area contributed by atoms with Gasteiger partial charge in [0, 0.05) is 78.1 Å². The number of nitrogens with one attached hydrogen (secondary N) is 1. The number of H-pyrrole nitrogens is 1. The van der Waals surface area contributed by atoms with Crippen LogP contribution in [0.15, 0.2) is 479 Å². The van der Waals surface area contributed by atoms with E-state index in [0.717, 1.165) is 45.5 Å². The number of para-hydroxylation sites is 1. The third kappa shape index (κ3) is 14.3.